The molecule has 1 atom stereocenters. The standard InChI is InChI=1S/C24H18FN7OS2.C2H6/c1-32-14-16(13-29-32)22-21(7-5-19(30-22)18-3-2-8-27-23(18)25)33-20-6-4-17(11-15(20)12-26)35-31-24-28-9-10-34-24;1-2/h2-11,13-14,24,28,31H,1H3;1-2H3. The van der Waals surface area contributed by atoms with Crippen molar-refractivity contribution in [1.29, 1.82) is 5.26 Å². The number of ether oxygens (including phenoxy) is 1. The molecule has 0 saturated heterocycles. The zero-order valence-electron chi connectivity index (χ0n) is 20.3. The van der Waals surface area contributed by atoms with E-state index < -0.39 is 5.95 Å². The Morgan fingerprint density at radius 2 is 2.05 bits per heavy atom. The first-order chi connectivity index (χ1) is 18.1. The number of aromatic nitrogens is 4. The molecular weight excluding hydrogens is 509 g/mol. The fourth-order valence-electron chi connectivity index (χ4n) is 3.34. The van der Waals surface area contributed by atoms with Gasteiger partial charge in [0.15, 0.2) is 5.75 Å². The highest BCUT2D eigenvalue weighted by molar-refractivity contribution is 8.04. The minimum absolute atomic E-state index is 0.0674. The van der Waals surface area contributed by atoms with Crippen LogP contribution in [0.4, 0.5) is 4.39 Å². The second-order valence-corrected chi connectivity index (χ2v) is 9.29. The molecule has 0 amide bonds. The summed E-state index contributed by atoms with van der Waals surface area (Å²) in [6.45, 7) is 4.00. The molecule has 2 N–H and O–H groups in total. The minimum atomic E-state index is -0.610. The Balaban J connectivity index is 0.00000156. The van der Waals surface area contributed by atoms with E-state index in [-0.39, 0.29) is 11.1 Å². The highest BCUT2D eigenvalue weighted by atomic mass is 32.2. The van der Waals surface area contributed by atoms with E-state index >= 15 is 0 Å². The van der Waals surface area contributed by atoms with Gasteiger partial charge in [-0.2, -0.15) is 14.8 Å². The highest BCUT2D eigenvalue weighted by Gasteiger charge is 2.17. The summed E-state index contributed by atoms with van der Waals surface area (Å²) in [4.78, 5) is 9.25. The fraction of sp³-hybridized carbons (Fsp3) is 0.154. The maximum absolute atomic E-state index is 14.3. The number of halogens is 1. The first-order valence-corrected chi connectivity index (χ1v) is 13.2. The van der Waals surface area contributed by atoms with Gasteiger partial charge < -0.3 is 10.1 Å². The molecule has 5 rings (SSSR count). The number of aryl methyl sites for hydroxylation is 1. The Morgan fingerprint density at radius 3 is 2.76 bits per heavy atom. The molecule has 0 aliphatic carbocycles. The van der Waals surface area contributed by atoms with E-state index in [1.807, 2.05) is 31.5 Å². The van der Waals surface area contributed by atoms with E-state index in [9.17, 15) is 9.65 Å². The van der Waals surface area contributed by atoms with E-state index in [1.165, 1.54) is 18.1 Å². The zero-order valence-corrected chi connectivity index (χ0v) is 22.0. The Kier molecular flexibility index (Phi) is 8.79. The second kappa shape index (κ2) is 12.4. The lowest BCUT2D eigenvalue weighted by molar-refractivity contribution is 0.480. The van der Waals surface area contributed by atoms with Gasteiger partial charge in [0.1, 0.15) is 23.0 Å². The number of hydrogen-bond acceptors (Lipinski definition) is 9. The summed E-state index contributed by atoms with van der Waals surface area (Å²) in [6.07, 6.45) is 6.71. The van der Waals surface area contributed by atoms with E-state index in [0.717, 1.165) is 4.90 Å². The summed E-state index contributed by atoms with van der Waals surface area (Å²) >= 11 is 3.04. The third-order valence-corrected chi connectivity index (χ3v) is 6.79. The molecule has 8 nitrogen and oxygen atoms in total. The molecule has 3 aromatic heterocycles. The summed E-state index contributed by atoms with van der Waals surface area (Å²) in [7, 11) is 1.79. The summed E-state index contributed by atoms with van der Waals surface area (Å²) in [5.41, 5.74) is 2.30. The maximum Gasteiger partial charge on any atom is 0.222 e. The molecule has 1 aliphatic heterocycles. The quantitative estimate of drug-likeness (QED) is 0.217. The molecule has 1 unspecified atom stereocenters. The second-order valence-electron chi connectivity index (χ2n) is 7.36. The number of benzene rings is 1. The molecule has 37 heavy (non-hydrogen) atoms. The van der Waals surface area contributed by atoms with Crippen LogP contribution < -0.4 is 14.8 Å². The third kappa shape index (κ3) is 6.29. The first kappa shape index (κ1) is 26.2. The van der Waals surface area contributed by atoms with Crippen molar-refractivity contribution < 1.29 is 9.13 Å². The monoisotopic (exact) mass is 533 g/mol. The van der Waals surface area contributed by atoms with Crippen LogP contribution in [0.15, 0.2) is 77.6 Å². The van der Waals surface area contributed by atoms with Crippen molar-refractivity contribution in [3.8, 4) is 40.1 Å². The predicted octanol–water partition coefficient (Wildman–Crippen LogP) is 6.06. The number of hydrogen-bond donors (Lipinski definition) is 2. The number of thioether (sulfide) groups is 1. The molecule has 11 heteroatoms. The van der Waals surface area contributed by atoms with Gasteiger partial charge >= 0.3 is 0 Å². The lowest BCUT2D eigenvalue weighted by Crippen LogP contribution is -2.28. The molecule has 0 fully saturated rings. The van der Waals surface area contributed by atoms with Gasteiger partial charge in [0, 0.05) is 36.1 Å². The maximum atomic E-state index is 14.3. The average molecular weight is 534 g/mol. The molecule has 0 spiro atoms. The van der Waals surface area contributed by atoms with Gasteiger partial charge in [-0.05, 0) is 59.8 Å². The van der Waals surface area contributed by atoms with Crippen LogP contribution in [0, 0.1) is 17.3 Å². The zero-order chi connectivity index (χ0) is 26.2. The largest absolute Gasteiger partial charge is 0.454 e. The van der Waals surface area contributed by atoms with Gasteiger partial charge in [-0.1, -0.05) is 25.6 Å². The van der Waals surface area contributed by atoms with Crippen LogP contribution in [0.2, 0.25) is 0 Å². The van der Waals surface area contributed by atoms with Crippen molar-refractivity contribution in [3.05, 3.63) is 84.2 Å². The molecule has 0 bridgehead atoms. The number of rotatable bonds is 7. The van der Waals surface area contributed by atoms with Gasteiger partial charge in [-0.15, -0.1) is 0 Å². The van der Waals surface area contributed by atoms with Gasteiger partial charge in [-0.25, -0.2) is 14.7 Å². The lowest BCUT2D eigenvalue weighted by Gasteiger charge is -2.14. The first-order valence-electron chi connectivity index (χ1n) is 11.4. The summed E-state index contributed by atoms with van der Waals surface area (Å²) < 4.78 is 25.4. The van der Waals surface area contributed by atoms with Crippen molar-refractivity contribution in [2.24, 2.45) is 7.05 Å². The number of pyridine rings is 2. The van der Waals surface area contributed by atoms with Crippen LogP contribution in [-0.2, 0) is 7.05 Å². The fourth-order valence-corrected chi connectivity index (χ4v) is 4.80. The smallest absolute Gasteiger partial charge is 0.222 e. The minimum Gasteiger partial charge on any atom is -0.454 e. The van der Waals surface area contributed by atoms with E-state index in [4.69, 9.17) is 4.74 Å². The third-order valence-electron chi connectivity index (χ3n) is 4.98. The molecule has 4 heterocycles. The van der Waals surface area contributed by atoms with Gasteiger partial charge in [0.25, 0.3) is 0 Å². The molecule has 1 aliphatic rings. The Labute approximate surface area is 223 Å². The Bertz CT molecular complexity index is 1440. The highest BCUT2D eigenvalue weighted by Crippen LogP contribution is 2.36. The van der Waals surface area contributed by atoms with E-state index in [2.05, 4.69) is 31.2 Å². The molecule has 0 saturated carbocycles. The van der Waals surface area contributed by atoms with Crippen LogP contribution in [0.5, 0.6) is 11.5 Å². The van der Waals surface area contributed by atoms with Crippen LogP contribution in [0.3, 0.4) is 0 Å². The van der Waals surface area contributed by atoms with Crippen LogP contribution in [0.1, 0.15) is 19.4 Å². The van der Waals surface area contributed by atoms with E-state index in [0.29, 0.717) is 34.0 Å². The molecule has 4 aromatic rings. The number of nitrogens with one attached hydrogen (secondary N) is 2. The molecule has 1 aromatic carbocycles. The topological polar surface area (TPSA) is 101 Å². The number of nitriles is 1. The van der Waals surface area contributed by atoms with Crippen LogP contribution in [0.25, 0.3) is 22.5 Å². The SMILES string of the molecule is CC.Cn1cc(-c2nc(-c3cccnc3F)ccc2Oc2ccc(SNC3NC=CS3)cc2C#N)cn1. The normalized spacial score (nSPS) is 13.9. The van der Waals surface area contributed by atoms with Crippen molar-refractivity contribution in [1.82, 2.24) is 29.8 Å². The summed E-state index contributed by atoms with van der Waals surface area (Å²) in [6, 6.07) is 14.2. The average Bonchev–Trinajstić information content (AvgIpc) is 3.62. The summed E-state index contributed by atoms with van der Waals surface area (Å²) in [5.74, 6) is 0.194. The van der Waals surface area contributed by atoms with Crippen molar-refractivity contribution in [2.75, 3.05) is 0 Å². The number of nitrogens with zero attached hydrogens (tertiary/aromatic N) is 5. The van der Waals surface area contributed by atoms with Gasteiger partial charge in [-0.3, -0.25) is 4.68 Å². The summed E-state index contributed by atoms with van der Waals surface area (Å²) in [5, 5.41) is 19.1. The Hall–Kier alpha value is -3.85. The predicted molar refractivity (Wildman–Crippen MR) is 145 cm³/mol. The van der Waals surface area contributed by atoms with Crippen LogP contribution >= 0.6 is 23.7 Å². The Morgan fingerprint density at radius 1 is 1.22 bits per heavy atom. The van der Waals surface area contributed by atoms with Crippen molar-refractivity contribution >= 4 is 23.7 Å². The van der Waals surface area contributed by atoms with Gasteiger partial charge in [0.05, 0.1) is 23.0 Å². The lowest BCUT2D eigenvalue weighted by atomic mass is 10.1. The van der Waals surface area contributed by atoms with Gasteiger partial charge in [0.2, 0.25) is 5.95 Å². The van der Waals surface area contributed by atoms with Crippen molar-refractivity contribution in [2.45, 2.75) is 24.2 Å². The van der Waals surface area contributed by atoms with Crippen LogP contribution in [-0.4, -0.2) is 25.2 Å². The van der Waals surface area contributed by atoms with E-state index in [1.54, 1.807) is 72.3 Å². The molecule has 0 radical (unpaired) electrons. The molecule has 188 valence electrons. The van der Waals surface area contributed by atoms with Crippen molar-refractivity contribution in [3.63, 3.8) is 0 Å². The molecular formula is C26H24FN7OS2.